The first kappa shape index (κ1) is 14.8. The maximum atomic E-state index is 11.2. The molecule has 21 heavy (non-hydrogen) atoms. The van der Waals surface area contributed by atoms with Crippen LogP contribution in [0.3, 0.4) is 0 Å². The van der Waals surface area contributed by atoms with E-state index in [9.17, 15) is 14.7 Å². The molecule has 0 bridgehead atoms. The zero-order chi connectivity index (χ0) is 15.4. The van der Waals surface area contributed by atoms with Gasteiger partial charge < -0.3 is 10.4 Å². The number of rotatable bonds is 5. The fraction of sp³-hybridized carbons (Fsp3) is 0.176. The number of aryl methyl sites for hydroxylation is 1. The smallest absolute Gasteiger partial charge is 0.335 e. The molecule has 0 heterocycles. The Balaban J connectivity index is 2.42. The quantitative estimate of drug-likeness (QED) is 0.883. The molecule has 0 saturated heterocycles. The molecule has 0 saturated carbocycles. The largest absolute Gasteiger partial charge is 0.478 e. The first-order valence-corrected chi connectivity index (χ1v) is 6.64. The van der Waals surface area contributed by atoms with Gasteiger partial charge in [0.25, 0.3) is 0 Å². The highest BCUT2D eigenvalue weighted by atomic mass is 16.4. The van der Waals surface area contributed by atoms with Gasteiger partial charge in [-0.2, -0.15) is 0 Å². The van der Waals surface area contributed by atoms with Crippen LogP contribution in [0.5, 0.6) is 0 Å². The lowest BCUT2D eigenvalue weighted by atomic mass is 10.0. The Bertz CT molecular complexity index is 675. The van der Waals surface area contributed by atoms with E-state index in [0.717, 1.165) is 16.7 Å². The second-order valence-electron chi connectivity index (χ2n) is 5.03. The van der Waals surface area contributed by atoms with Crippen molar-refractivity contribution >= 4 is 17.4 Å². The second-order valence-corrected chi connectivity index (χ2v) is 5.03. The van der Waals surface area contributed by atoms with Crippen molar-refractivity contribution in [3.05, 3.63) is 53.6 Å². The number of benzene rings is 2. The van der Waals surface area contributed by atoms with E-state index in [4.69, 9.17) is 0 Å². The van der Waals surface area contributed by atoms with Crippen molar-refractivity contribution in [3.8, 4) is 11.1 Å². The summed E-state index contributed by atoms with van der Waals surface area (Å²) >= 11 is 0. The van der Waals surface area contributed by atoms with Crippen LogP contribution in [0.15, 0.2) is 42.5 Å². The first-order chi connectivity index (χ1) is 9.95. The summed E-state index contributed by atoms with van der Waals surface area (Å²) in [7, 11) is 0. The average Bonchev–Trinajstić information content (AvgIpc) is 2.45. The van der Waals surface area contributed by atoms with Crippen LogP contribution in [0.4, 0.5) is 5.69 Å². The minimum atomic E-state index is -0.991. The Morgan fingerprint density at radius 1 is 1.05 bits per heavy atom. The Labute approximate surface area is 123 Å². The topological polar surface area (TPSA) is 66.4 Å². The molecule has 2 aromatic carbocycles. The molecule has 0 unspecified atom stereocenters. The van der Waals surface area contributed by atoms with Gasteiger partial charge in [-0.3, -0.25) is 4.79 Å². The molecule has 4 heteroatoms. The van der Waals surface area contributed by atoms with Gasteiger partial charge in [0.15, 0.2) is 0 Å². The molecule has 0 aliphatic carbocycles. The van der Waals surface area contributed by atoms with Gasteiger partial charge in [0.1, 0.15) is 5.78 Å². The molecule has 0 amide bonds. The van der Waals surface area contributed by atoms with Crippen LogP contribution in [0.25, 0.3) is 11.1 Å². The summed E-state index contributed by atoms with van der Waals surface area (Å²) in [4.78, 5) is 22.3. The molecule has 0 fully saturated rings. The Kier molecular flexibility index (Phi) is 4.38. The van der Waals surface area contributed by atoms with Crippen molar-refractivity contribution in [2.24, 2.45) is 0 Å². The third-order valence-electron chi connectivity index (χ3n) is 3.11. The van der Waals surface area contributed by atoms with Crippen molar-refractivity contribution < 1.29 is 14.7 Å². The maximum Gasteiger partial charge on any atom is 0.335 e. The summed E-state index contributed by atoms with van der Waals surface area (Å²) in [6, 6.07) is 12.9. The number of aromatic carboxylic acids is 1. The maximum absolute atomic E-state index is 11.2. The van der Waals surface area contributed by atoms with Gasteiger partial charge in [-0.25, -0.2) is 4.79 Å². The van der Waals surface area contributed by atoms with Crippen LogP contribution in [0.2, 0.25) is 0 Å². The minimum absolute atomic E-state index is 0.00684. The van der Waals surface area contributed by atoms with Crippen molar-refractivity contribution in [2.75, 3.05) is 11.9 Å². The molecular formula is C17H17NO3. The highest BCUT2D eigenvalue weighted by molar-refractivity contribution is 5.91. The van der Waals surface area contributed by atoms with Crippen LogP contribution in [0.1, 0.15) is 22.8 Å². The number of nitrogens with one attached hydrogen (secondary N) is 1. The third-order valence-corrected chi connectivity index (χ3v) is 3.11. The molecule has 0 aliphatic heterocycles. The lowest BCUT2D eigenvalue weighted by molar-refractivity contribution is -0.115. The summed E-state index contributed by atoms with van der Waals surface area (Å²) in [5, 5.41) is 12.2. The number of carbonyl (C=O) groups excluding carboxylic acids is 1. The van der Waals surface area contributed by atoms with Crippen molar-refractivity contribution in [2.45, 2.75) is 13.8 Å². The summed E-state index contributed by atoms with van der Waals surface area (Å²) < 4.78 is 0. The minimum Gasteiger partial charge on any atom is -0.478 e. The predicted octanol–water partition coefficient (Wildman–Crippen LogP) is 3.36. The number of carbonyl (C=O) groups is 2. The molecule has 0 aromatic heterocycles. The number of hydrogen-bond donors (Lipinski definition) is 2. The van der Waals surface area contributed by atoms with Crippen LogP contribution >= 0.6 is 0 Å². The lowest BCUT2D eigenvalue weighted by Gasteiger charge is -2.10. The fourth-order valence-electron chi connectivity index (χ4n) is 1.99. The molecule has 0 atom stereocenters. The molecule has 2 rings (SSSR count). The van der Waals surface area contributed by atoms with E-state index in [2.05, 4.69) is 5.32 Å². The Hall–Kier alpha value is -2.62. The number of anilines is 1. The van der Waals surface area contributed by atoms with Gasteiger partial charge in [-0.05, 0) is 43.2 Å². The first-order valence-electron chi connectivity index (χ1n) is 6.64. The molecule has 0 radical (unpaired) electrons. The van der Waals surface area contributed by atoms with Crippen molar-refractivity contribution in [1.29, 1.82) is 0 Å². The molecule has 108 valence electrons. The zero-order valence-electron chi connectivity index (χ0n) is 12.0. The van der Waals surface area contributed by atoms with Crippen LogP contribution < -0.4 is 5.32 Å². The summed E-state index contributed by atoms with van der Waals surface area (Å²) in [5.41, 5.74) is 3.71. The Morgan fingerprint density at radius 3 is 2.29 bits per heavy atom. The number of ketones is 1. The monoisotopic (exact) mass is 283 g/mol. The third kappa shape index (κ3) is 3.92. The van der Waals surface area contributed by atoms with Crippen LogP contribution in [-0.2, 0) is 4.79 Å². The zero-order valence-corrected chi connectivity index (χ0v) is 12.0. The van der Waals surface area contributed by atoms with Crippen molar-refractivity contribution in [3.63, 3.8) is 0 Å². The fourth-order valence-corrected chi connectivity index (χ4v) is 1.99. The molecule has 0 spiro atoms. The molecular weight excluding hydrogens is 266 g/mol. The average molecular weight is 283 g/mol. The predicted molar refractivity (Wildman–Crippen MR) is 82.7 cm³/mol. The van der Waals surface area contributed by atoms with Crippen LogP contribution in [-0.4, -0.2) is 23.4 Å². The van der Waals surface area contributed by atoms with Crippen molar-refractivity contribution in [1.82, 2.24) is 0 Å². The molecule has 0 aliphatic rings. The van der Waals surface area contributed by atoms with E-state index >= 15 is 0 Å². The highest BCUT2D eigenvalue weighted by Crippen LogP contribution is 2.25. The standard InChI is InChI=1S/C17H17NO3/c1-11-3-5-13(6-4-11)14-7-15(17(20)21)9-16(8-14)18-10-12(2)19/h3-9,18H,10H2,1-2H3,(H,20,21). The molecule has 4 nitrogen and oxygen atoms in total. The number of carboxylic acids is 1. The summed E-state index contributed by atoms with van der Waals surface area (Å²) in [5.74, 6) is -0.998. The van der Waals surface area contributed by atoms with Gasteiger partial charge in [0.2, 0.25) is 0 Å². The number of carboxylic acid groups (broad SMARTS) is 1. The molecule has 2 N–H and O–H groups in total. The van der Waals surface area contributed by atoms with E-state index in [1.165, 1.54) is 13.0 Å². The lowest BCUT2D eigenvalue weighted by Crippen LogP contribution is -2.10. The number of Topliss-reactive ketones (excluding diaryl/α,β-unsaturated/α-hetero) is 1. The Morgan fingerprint density at radius 2 is 1.71 bits per heavy atom. The van der Waals surface area contributed by atoms with Crippen LogP contribution in [0, 0.1) is 6.92 Å². The van der Waals surface area contributed by atoms with Gasteiger partial charge in [0.05, 0.1) is 12.1 Å². The van der Waals surface area contributed by atoms with Gasteiger partial charge in [-0.15, -0.1) is 0 Å². The van der Waals surface area contributed by atoms with Gasteiger partial charge in [-0.1, -0.05) is 29.8 Å². The van der Waals surface area contributed by atoms with Gasteiger partial charge in [0, 0.05) is 5.69 Å². The summed E-state index contributed by atoms with van der Waals surface area (Å²) in [6.45, 7) is 3.66. The highest BCUT2D eigenvalue weighted by Gasteiger charge is 2.09. The van der Waals surface area contributed by atoms with E-state index in [0.29, 0.717) is 5.69 Å². The van der Waals surface area contributed by atoms with Gasteiger partial charge >= 0.3 is 5.97 Å². The number of hydrogen-bond acceptors (Lipinski definition) is 3. The van der Waals surface area contributed by atoms with E-state index in [1.54, 1.807) is 6.07 Å². The van der Waals surface area contributed by atoms with E-state index < -0.39 is 5.97 Å². The van der Waals surface area contributed by atoms with E-state index in [1.807, 2.05) is 37.3 Å². The summed E-state index contributed by atoms with van der Waals surface area (Å²) in [6.07, 6.45) is 0. The second kappa shape index (κ2) is 6.22. The normalized spacial score (nSPS) is 10.2. The van der Waals surface area contributed by atoms with E-state index in [-0.39, 0.29) is 17.9 Å². The molecule has 2 aromatic rings. The SMILES string of the molecule is CC(=O)CNc1cc(C(=O)O)cc(-c2ccc(C)cc2)c1.